The van der Waals surface area contributed by atoms with Gasteiger partial charge >= 0.3 is 0 Å². The van der Waals surface area contributed by atoms with E-state index in [0.29, 0.717) is 38.9 Å². The van der Waals surface area contributed by atoms with Gasteiger partial charge in [0, 0.05) is 48.8 Å². The van der Waals surface area contributed by atoms with Crippen molar-refractivity contribution < 1.29 is 24.2 Å². The van der Waals surface area contributed by atoms with Gasteiger partial charge in [0.15, 0.2) is 0 Å². The number of aliphatic hydroxyl groups excluding tert-OH is 2. The Hall–Kier alpha value is -4.02. The van der Waals surface area contributed by atoms with Crippen LogP contribution in [0.4, 0.5) is 0 Å². The average Bonchev–Trinajstić information content (AvgIpc) is 3.61. The first-order chi connectivity index (χ1) is 23.0. The van der Waals surface area contributed by atoms with Gasteiger partial charge in [-0.05, 0) is 48.1 Å². The lowest BCUT2D eigenvalue weighted by Gasteiger charge is -2.42. The number of hydrazine groups is 1. The Bertz CT molecular complexity index is 1670. The van der Waals surface area contributed by atoms with Crippen LogP contribution in [0, 0.1) is 11.3 Å². The number of aliphatic hydroxyl groups is 2. The maximum Gasteiger partial charge on any atom is 0.239 e. The van der Waals surface area contributed by atoms with Crippen molar-refractivity contribution in [2.75, 3.05) is 19.6 Å². The van der Waals surface area contributed by atoms with Gasteiger partial charge in [-0.3, -0.25) is 19.9 Å². The predicted molar refractivity (Wildman–Crippen MR) is 185 cm³/mol. The van der Waals surface area contributed by atoms with E-state index in [1.54, 1.807) is 0 Å². The van der Waals surface area contributed by atoms with E-state index in [0.717, 1.165) is 40.0 Å². The van der Waals surface area contributed by atoms with Crippen LogP contribution in [-0.4, -0.2) is 69.8 Å². The fraction of sp³-hybridized carbons (Fsp3) is 0.436. The van der Waals surface area contributed by atoms with Crippen LogP contribution >= 0.6 is 0 Å². The number of benzene rings is 3. The molecule has 4 N–H and O–H groups in total. The summed E-state index contributed by atoms with van der Waals surface area (Å²) in [4.78, 5) is 29.3. The lowest BCUT2D eigenvalue weighted by molar-refractivity contribution is -0.137. The van der Waals surface area contributed by atoms with Gasteiger partial charge in [-0.1, -0.05) is 93.6 Å². The Morgan fingerprint density at radius 3 is 2.48 bits per heavy atom. The van der Waals surface area contributed by atoms with Crippen LogP contribution in [0.25, 0.3) is 11.0 Å². The smallest absolute Gasteiger partial charge is 0.239 e. The molecule has 0 saturated carbocycles. The number of fused-ring (bicyclic) bond motifs is 2. The molecule has 0 bridgehead atoms. The van der Waals surface area contributed by atoms with Gasteiger partial charge in [0.25, 0.3) is 0 Å². The number of nitrogens with one attached hydrogen (secondary N) is 2. The van der Waals surface area contributed by atoms with Crippen LogP contribution in [-0.2, 0) is 29.0 Å². The Morgan fingerprint density at radius 2 is 1.71 bits per heavy atom. The van der Waals surface area contributed by atoms with Crippen LogP contribution in [0.15, 0.2) is 89.3 Å². The van der Waals surface area contributed by atoms with Gasteiger partial charge in [0.2, 0.25) is 11.8 Å². The predicted octanol–water partition coefficient (Wildman–Crippen LogP) is 4.77. The number of piperazine rings is 1. The molecule has 6 rings (SSSR count). The summed E-state index contributed by atoms with van der Waals surface area (Å²) in [5.74, 6) is 0.0873. The summed E-state index contributed by atoms with van der Waals surface area (Å²) in [6.07, 6.45) is 0.0571. The van der Waals surface area contributed by atoms with Crippen LogP contribution in [0.1, 0.15) is 62.1 Å². The van der Waals surface area contributed by atoms with Gasteiger partial charge in [0.05, 0.1) is 24.8 Å². The average molecular weight is 653 g/mol. The number of hydrogen-bond donors (Lipinski definition) is 4. The fourth-order valence-electron chi connectivity index (χ4n) is 6.98. The van der Waals surface area contributed by atoms with E-state index < -0.39 is 29.6 Å². The number of amides is 2. The van der Waals surface area contributed by atoms with E-state index in [1.165, 1.54) is 0 Å². The maximum atomic E-state index is 13.9. The van der Waals surface area contributed by atoms with E-state index in [4.69, 9.17) is 4.42 Å². The molecule has 2 aliphatic rings. The van der Waals surface area contributed by atoms with E-state index in [1.807, 2.05) is 105 Å². The second-order valence-electron chi connectivity index (χ2n) is 14.5. The highest BCUT2D eigenvalue weighted by Gasteiger charge is 2.36. The minimum Gasteiger partial charge on any atom is -0.460 e. The van der Waals surface area contributed by atoms with E-state index in [-0.39, 0.29) is 24.3 Å². The lowest BCUT2D eigenvalue weighted by atomic mass is 9.89. The number of carbonyl (C=O) groups is 2. The molecule has 48 heavy (non-hydrogen) atoms. The SMILES string of the molecule is CC(C)(C)C(=O)NN1CCN(Cc2cc3ccccc3o2)C[C@@H]1C[C@@H](O)C[C@@H](Cc1ccccc1)C(=O)N[C@H]1c2ccccc2C[C@H]1O. The molecule has 1 aliphatic carbocycles. The summed E-state index contributed by atoms with van der Waals surface area (Å²) < 4.78 is 6.11. The second kappa shape index (κ2) is 14.6. The van der Waals surface area contributed by atoms with E-state index in [2.05, 4.69) is 21.7 Å². The minimum absolute atomic E-state index is 0.0792. The molecule has 9 heteroatoms. The third-order valence-corrected chi connectivity index (χ3v) is 9.65. The van der Waals surface area contributed by atoms with Crippen molar-refractivity contribution in [3.63, 3.8) is 0 Å². The van der Waals surface area contributed by atoms with Gasteiger partial charge in [-0.25, -0.2) is 5.01 Å². The van der Waals surface area contributed by atoms with Crippen molar-refractivity contribution in [1.82, 2.24) is 20.7 Å². The van der Waals surface area contributed by atoms with Gasteiger partial charge in [-0.2, -0.15) is 0 Å². The molecule has 1 aliphatic heterocycles. The van der Waals surface area contributed by atoms with Crippen molar-refractivity contribution in [2.24, 2.45) is 11.3 Å². The van der Waals surface area contributed by atoms with Crippen molar-refractivity contribution in [1.29, 1.82) is 0 Å². The molecule has 0 spiro atoms. The first-order valence-corrected chi connectivity index (χ1v) is 17.1. The molecule has 1 aromatic heterocycles. The molecule has 0 unspecified atom stereocenters. The van der Waals surface area contributed by atoms with Crippen molar-refractivity contribution in [3.8, 4) is 0 Å². The molecule has 0 radical (unpaired) electrons. The maximum absolute atomic E-state index is 13.9. The first kappa shape index (κ1) is 33.9. The fourth-order valence-corrected chi connectivity index (χ4v) is 6.98. The van der Waals surface area contributed by atoms with Crippen LogP contribution in [0.2, 0.25) is 0 Å². The molecule has 3 aromatic carbocycles. The highest BCUT2D eigenvalue weighted by molar-refractivity contribution is 5.81. The van der Waals surface area contributed by atoms with Crippen LogP contribution in [0.3, 0.4) is 0 Å². The minimum atomic E-state index is -0.810. The summed E-state index contributed by atoms with van der Waals surface area (Å²) >= 11 is 0. The Labute approximate surface area is 282 Å². The number of para-hydroxylation sites is 1. The van der Waals surface area contributed by atoms with Gasteiger partial charge in [0.1, 0.15) is 11.3 Å². The third-order valence-electron chi connectivity index (χ3n) is 9.65. The second-order valence-corrected chi connectivity index (χ2v) is 14.5. The van der Waals surface area contributed by atoms with Crippen molar-refractivity contribution >= 4 is 22.8 Å². The number of furan rings is 1. The molecule has 5 atom stereocenters. The van der Waals surface area contributed by atoms with Crippen LogP contribution < -0.4 is 10.7 Å². The Kier molecular flexibility index (Phi) is 10.3. The normalized spacial score (nSPS) is 21.5. The number of hydrogen-bond acceptors (Lipinski definition) is 7. The van der Waals surface area contributed by atoms with Crippen molar-refractivity contribution in [2.45, 2.75) is 77.3 Å². The quantitative estimate of drug-likeness (QED) is 0.184. The molecule has 9 nitrogen and oxygen atoms in total. The summed E-state index contributed by atoms with van der Waals surface area (Å²) in [7, 11) is 0. The molecule has 4 aromatic rings. The topological polar surface area (TPSA) is 118 Å². The van der Waals surface area contributed by atoms with E-state index >= 15 is 0 Å². The number of nitrogens with zero attached hydrogens (tertiary/aromatic N) is 2. The zero-order chi connectivity index (χ0) is 33.8. The Morgan fingerprint density at radius 1 is 0.979 bits per heavy atom. The summed E-state index contributed by atoms with van der Waals surface area (Å²) in [6, 6.07) is 27.0. The highest BCUT2D eigenvalue weighted by atomic mass is 16.3. The third kappa shape index (κ3) is 8.15. The zero-order valence-electron chi connectivity index (χ0n) is 28.1. The molecular weight excluding hydrogens is 604 g/mol. The molecule has 1 fully saturated rings. The van der Waals surface area contributed by atoms with Crippen LogP contribution in [0.5, 0.6) is 0 Å². The van der Waals surface area contributed by atoms with E-state index in [9.17, 15) is 19.8 Å². The monoisotopic (exact) mass is 652 g/mol. The van der Waals surface area contributed by atoms with Crippen molar-refractivity contribution in [3.05, 3.63) is 107 Å². The number of rotatable bonds is 11. The number of carbonyl (C=O) groups excluding carboxylic acids is 2. The standard InChI is InChI=1S/C39H48N4O5/c1-39(2,3)38(47)41-43-18-17-42(25-32-21-28-14-8-10-16-35(28)48-32)24-30(43)23-31(44)20-29(19-26-11-5-4-6-12-26)37(46)40-36-33-15-9-7-13-27(33)22-34(36)45/h4-16,21,29-31,34,36,44-45H,17-20,22-25H2,1-3H3,(H,40,46)(H,41,47)/t29-,30+,31+,34-,36+/m1/s1. The molecule has 254 valence electrons. The van der Waals surface area contributed by atoms with Gasteiger partial charge in [-0.15, -0.1) is 0 Å². The first-order valence-electron chi connectivity index (χ1n) is 17.1. The summed E-state index contributed by atoms with van der Waals surface area (Å²) in [5, 5.41) is 28.6. The molecular formula is C39H48N4O5. The molecule has 2 heterocycles. The summed E-state index contributed by atoms with van der Waals surface area (Å²) in [6.45, 7) is 8.19. The summed E-state index contributed by atoms with van der Waals surface area (Å²) in [5.41, 5.74) is 6.39. The highest BCUT2D eigenvalue weighted by Crippen LogP contribution is 2.32. The lowest BCUT2D eigenvalue weighted by Crippen LogP contribution is -2.61. The zero-order valence-corrected chi connectivity index (χ0v) is 28.1. The largest absolute Gasteiger partial charge is 0.460 e. The Balaban J connectivity index is 1.17. The molecule has 1 saturated heterocycles. The van der Waals surface area contributed by atoms with Gasteiger partial charge < -0.3 is 19.9 Å². The molecule has 2 amide bonds.